The molecule has 1 fully saturated rings. The summed E-state index contributed by atoms with van der Waals surface area (Å²) in [6.45, 7) is 6.66. The molecule has 33 heavy (non-hydrogen) atoms. The van der Waals surface area contributed by atoms with E-state index in [1.54, 1.807) is 24.8 Å². The number of nitrogens with zero attached hydrogens (tertiary/aromatic N) is 3. The lowest BCUT2D eigenvalue weighted by atomic mass is 10.2. The Morgan fingerprint density at radius 2 is 1.82 bits per heavy atom. The highest BCUT2D eigenvalue weighted by molar-refractivity contribution is 7.89. The molecule has 1 aliphatic rings. The van der Waals surface area contributed by atoms with Crippen molar-refractivity contribution in [2.24, 2.45) is 0 Å². The number of anilines is 1. The van der Waals surface area contributed by atoms with E-state index in [9.17, 15) is 18.0 Å². The van der Waals surface area contributed by atoms with Gasteiger partial charge < -0.3 is 15.0 Å². The van der Waals surface area contributed by atoms with Gasteiger partial charge in [0.1, 0.15) is 5.75 Å². The number of carbonyl (C=O) groups excluding carboxylic acids is 2. The number of amides is 2. The highest BCUT2D eigenvalue weighted by Crippen LogP contribution is 2.29. The predicted octanol–water partition coefficient (Wildman–Crippen LogP) is 2.18. The molecule has 9 nitrogen and oxygen atoms in total. The van der Waals surface area contributed by atoms with E-state index in [0.717, 1.165) is 0 Å². The summed E-state index contributed by atoms with van der Waals surface area (Å²) in [5.74, 6) is 0.127. The van der Waals surface area contributed by atoms with Crippen molar-refractivity contribution in [2.75, 3.05) is 58.2 Å². The Labute approximate surface area is 199 Å². The van der Waals surface area contributed by atoms with Gasteiger partial charge in [-0.3, -0.25) is 14.5 Å². The fourth-order valence-corrected chi connectivity index (χ4v) is 5.89. The molecule has 1 saturated heterocycles. The standard InChI is InChI=1S/C22H30N4O5S2/c1-4-26(5-2)33(29,30)17-8-9-19(31-3)18(15-17)23-21(27)16-24-10-12-25(13-11-24)22(28)20-7-6-14-32-20/h6-9,14-15H,4-5,10-13,16H2,1-3H3,(H,23,27). The summed E-state index contributed by atoms with van der Waals surface area (Å²) in [7, 11) is -2.20. The average Bonchev–Trinajstić information content (AvgIpc) is 3.34. The van der Waals surface area contributed by atoms with Crippen LogP contribution in [-0.4, -0.2) is 87.3 Å². The number of hydrogen-bond acceptors (Lipinski definition) is 7. The zero-order valence-electron chi connectivity index (χ0n) is 19.1. The summed E-state index contributed by atoms with van der Waals surface area (Å²) >= 11 is 1.42. The van der Waals surface area contributed by atoms with E-state index >= 15 is 0 Å². The minimum absolute atomic E-state index is 0.0186. The summed E-state index contributed by atoms with van der Waals surface area (Å²) in [6, 6.07) is 8.12. The lowest BCUT2D eigenvalue weighted by Crippen LogP contribution is -2.50. The number of carbonyl (C=O) groups is 2. The van der Waals surface area contributed by atoms with E-state index in [2.05, 4.69) is 5.32 Å². The molecule has 2 aromatic rings. The Morgan fingerprint density at radius 3 is 2.39 bits per heavy atom. The van der Waals surface area contributed by atoms with Gasteiger partial charge in [-0.2, -0.15) is 4.31 Å². The number of sulfonamides is 1. The molecule has 0 bridgehead atoms. The Balaban J connectivity index is 1.62. The van der Waals surface area contributed by atoms with Crippen LogP contribution in [0.4, 0.5) is 5.69 Å². The maximum atomic E-state index is 12.9. The van der Waals surface area contributed by atoms with Crippen molar-refractivity contribution >= 4 is 38.9 Å². The van der Waals surface area contributed by atoms with Crippen molar-refractivity contribution in [1.29, 1.82) is 0 Å². The van der Waals surface area contributed by atoms with Crippen LogP contribution in [0.5, 0.6) is 5.75 Å². The third kappa shape index (κ3) is 5.91. The minimum atomic E-state index is -3.67. The lowest BCUT2D eigenvalue weighted by Gasteiger charge is -2.34. The fraction of sp³-hybridized carbons (Fsp3) is 0.455. The van der Waals surface area contributed by atoms with Gasteiger partial charge in [0.15, 0.2) is 0 Å². The van der Waals surface area contributed by atoms with E-state index < -0.39 is 10.0 Å². The summed E-state index contributed by atoms with van der Waals surface area (Å²) in [5, 5.41) is 4.66. The van der Waals surface area contributed by atoms with Crippen LogP contribution in [0, 0.1) is 0 Å². The van der Waals surface area contributed by atoms with Crippen LogP contribution in [0.3, 0.4) is 0 Å². The zero-order valence-corrected chi connectivity index (χ0v) is 20.7. The Kier molecular flexibility index (Phi) is 8.46. The first-order valence-electron chi connectivity index (χ1n) is 10.8. The first-order chi connectivity index (χ1) is 15.8. The van der Waals surface area contributed by atoms with Gasteiger partial charge in [0, 0.05) is 39.3 Å². The van der Waals surface area contributed by atoms with Crippen LogP contribution in [0.25, 0.3) is 0 Å². The number of piperazine rings is 1. The van der Waals surface area contributed by atoms with Crippen LogP contribution in [0.15, 0.2) is 40.6 Å². The van der Waals surface area contributed by atoms with Crippen molar-refractivity contribution in [2.45, 2.75) is 18.7 Å². The first kappa shape index (κ1) is 25.2. The highest BCUT2D eigenvalue weighted by atomic mass is 32.2. The fourth-order valence-electron chi connectivity index (χ4n) is 3.72. The molecule has 0 radical (unpaired) electrons. The zero-order chi connectivity index (χ0) is 24.0. The van der Waals surface area contributed by atoms with Crippen LogP contribution < -0.4 is 10.1 Å². The summed E-state index contributed by atoms with van der Waals surface area (Å²) in [5.41, 5.74) is 0.308. The summed E-state index contributed by atoms with van der Waals surface area (Å²) < 4.78 is 32.4. The second-order valence-electron chi connectivity index (χ2n) is 7.55. The third-order valence-electron chi connectivity index (χ3n) is 5.55. The molecule has 2 heterocycles. The van der Waals surface area contributed by atoms with Gasteiger partial charge in [-0.05, 0) is 29.6 Å². The highest BCUT2D eigenvalue weighted by Gasteiger charge is 2.25. The molecule has 180 valence electrons. The monoisotopic (exact) mass is 494 g/mol. The van der Waals surface area contributed by atoms with Gasteiger partial charge in [0.05, 0.1) is 29.1 Å². The molecule has 1 aliphatic heterocycles. The third-order valence-corrected chi connectivity index (χ3v) is 8.45. The number of rotatable bonds is 9. The minimum Gasteiger partial charge on any atom is -0.495 e. The van der Waals surface area contributed by atoms with Gasteiger partial charge in [-0.1, -0.05) is 19.9 Å². The number of nitrogens with one attached hydrogen (secondary N) is 1. The quantitative estimate of drug-likeness (QED) is 0.574. The largest absolute Gasteiger partial charge is 0.495 e. The molecule has 3 rings (SSSR count). The van der Waals surface area contributed by atoms with Crippen LogP contribution in [0.2, 0.25) is 0 Å². The normalized spacial score (nSPS) is 15.0. The second-order valence-corrected chi connectivity index (χ2v) is 10.4. The van der Waals surface area contributed by atoms with E-state index in [1.165, 1.54) is 34.9 Å². The molecule has 1 aromatic heterocycles. The number of benzene rings is 1. The maximum Gasteiger partial charge on any atom is 0.264 e. The van der Waals surface area contributed by atoms with Crippen molar-refractivity contribution < 1.29 is 22.7 Å². The number of thiophene rings is 1. The SMILES string of the molecule is CCN(CC)S(=O)(=O)c1ccc(OC)c(NC(=O)CN2CCN(C(=O)c3cccs3)CC2)c1. The summed E-state index contributed by atoms with van der Waals surface area (Å²) in [6.07, 6.45) is 0. The van der Waals surface area contributed by atoms with Crippen LogP contribution >= 0.6 is 11.3 Å². The van der Waals surface area contributed by atoms with E-state index in [-0.39, 0.29) is 23.3 Å². The Hall–Kier alpha value is -2.47. The Morgan fingerprint density at radius 1 is 1.12 bits per heavy atom. The molecule has 0 spiro atoms. The van der Waals surface area contributed by atoms with Gasteiger partial charge >= 0.3 is 0 Å². The molecule has 0 atom stereocenters. The lowest BCUT2D eigenvalue weighted by molar-refractivity contribution is -0.117. The Bertz CT molecular complexity index is 1060. The van der Waals surface area contributed by atoms with Crippen LogP contribution in [-0.2, 0) is 14.8 Å². The topological polar surface area (TPSA) is 99.3 Å². The number of methoxy groups -OCH3 is 1. The number of ether oxygens (including phenoxy) is 1. The molecular formula is C22H30N4O5S2. The molecule has 1 aromatic carbocycles. The van der Waals surface area contributed by atoms with Crippen molar-refractivity contribution in [1.82, 2.24) is 14.1 Å². The number of hydrogen-bond donors (Lipinski definition) is 1. The molecule has 0 aliphatic carbocycles. The molecule has 11 heteroatoms. The van der Waals surface area contributed by atoms with Gasteiger partial charge in [0.2, 0.25) is 15.9 Å². The smallest absolute Gasteiger partial charge is 0.264 e. The van der Waals surface area contributed by atoms with Gasteiger partial charge in [-0.25, -0.2) is 8.42 Å². The molecule has 2 amide bonds. The molecule has 0 unspecified atom stereocenters. The summed E-state index contributed by atoms with van der Waals surface area (Å²) in [4.78, 5) is 29.8. The maximum absolute atomic E-state index is 12.9. The van der Waals surface area contributed by atoms with Crippen LogP contribution in [0.1, 0.15) is 23.5 Å². The van der Waals surface area contributed by atoms with Crippen molar-refractivity contribution in [3.8, 4) is 5.75 Å². The average molecular weight is 495 g/mol. The molecule has 0 saturated carbocycles. The van der Waals surface area contributed by atoms with Gasteiger partial charge in [0.25, 0.3) is 5.91 Å². The van der Waals surface area contributed by atoms with Gasteiger partial charge in [-0.15, -0.1) is 11.3 Å². The predicted molar refractivity (Wildman–Crippen MR) is 128 cm³/mol. The molecule has 1 N–H and O–H groups in total. The van der Waals surface area contributed by atoms with Crippen molar-refractivity contribution in [3.63, 3.8) is 0 Å². The van der Waals surface area contributed by atoms with Crippen molar-refractivity contribution in [3.05, 3.63) is 40.6 Å². The second kappa shape index (κ2) is 11.1. The first-order valence-corrected chi connectivity index (χ1v) is 13.1. The van der Waals surface area contributed by atoms with E-state index in [4.69, 9.17) is 4.74 Å². The van der Waals surface area contributed by atoms with E-state index in [0.29, 0.717) is 55.6 Å². The molecular weight excluding hydrogens is 464 g/mol. The van der Waals surface area contributed by atoms with E-state index in [1.807, 2.05) is 22.4 Å².